The Balaban J connectivity index is 1.28. The average Bonchev–Trinajstić information content (AvgIpc) is 3.44. The van der Waals surface area contributed by atoms with Gasteiger partial charge in [0.2, 0.25) is 5.91 Å². The Morgan fingerprint density at radius 3 is 2.73 bits per heavy atom. The molecule has 1 N–H and O–H groups in total. The number of carbonyl (C=O) groups is 1. The Kier molecular flexibility index (Phi) is 3.56. The average molecular weight is 298 g/mol. The number of nitrogens with one attached hydrogen (secondary N) is 1. The molecule has 2 aromatic heterocycles. The summed E-state index contributed by atoms with van der Waals surface area (Å²) in [6.45, 7) is 0.635. The van der Waals surface area contributed by atoms with E-state index in [-0.39, 0.29) is 5.91 Å². The van der Waals surface area contributed by atoms with E-state index in [9.17, 15) is 4.79 Å². The minimum atomic E-state index is 0.206. The molecule has 116 valence electrons. The standard InChI is InChI=1S/C17H22N4O/c22-17(11-14(12-4-5-12)13-6-7-13)18-9-8-16-20-19-15-3-1-2-10-21(15)16/h1-3,10,12-14H,4-9,11H2,(H,18,22). The van der Waals surface area contributed by atoms with Crippen LogP contribution in [0.4, 0.5) is 0 Å². The third-order valence-electron chi connectivity index (χ3n) is 4.93. The molecule has 4 rings (SSSR count). The second-order valence-corrected chi connectivity index (χ2v) is 6.69. The first-order valence-corrected chi connectivity index (χ1v) is 8.36. The first-order valence-electron chi connectivity index (χ1n) is 8.36. The van der Waals surface area contributed by atoms with Crippen molar-refractivity contribution in [1.29, 1.82) is 0 Å². The summed E-state index contributed by atoms with van der Waals surface area (Å²) in [5.41, 5.74) is 0.853. The largest absolute Gasteiger partial charge is 0.356 e. The molecule has 0 bridgehead atoms. The SMILES string of the molecule is O=C(CC(C1CC1)C1CC1)NCCc1nnc2ccccn12. The van der Waals surface area contributed by atoms with Crippen molar-refractivity contribution in [3.63, 3.8) is 0 Å². The van der Waals surface area contributed by atoms with E-state index in [0.717, 1.165) is 29.7 Å². The van der Waals surface area contributed by atoms with Crippen molar-refractivity contribution in [3.8, 4) is 0 Å². The lowest BCUT2D eigenvalue weighted by Crippen LogP contribution is -2.29. The number of carbonyl (C=O) groups excluding carboxylic acids is 1. The number of amides is 1. The van der Waals surface area contributed by atoms with Crippen molar-refractivity contribution in [3.05, 3.63) is 30.2 Å². The molecular weight excluding hydrogens is 276 g/mol. The van der Waals surface area contributed by atoms with Gasteiger partial charge < -0.3 is 5.32 Å². The van der Waals surface area contributed by atoms with Gasteiger partial charge in [0.15, 0.2) is 5.65 Å². The highest BCUT2D eigenvalue weighted by atomic mass is 16.1. The summed E-state index contributed by atoms with van der Waals surface area (Å²) in [5, 5.41) is 11.4. The number of rotatable bonds is 7. The van der Waals surface area contributed by atoms with Crippen LogP contribution >= 0.6 is 0 Å². The quantitative estimate of drug-likeness (QED) is 0.852. The molecule has 2 aliphatic carbocycles. The summed E-state index contributed by atoms with van der Waals surface area (Å²) in [6, 6.07) is 5.85. The maximum atomic E-state index is 12.2. The highest BCUT2D eigenvalue weighted by Gasteiger charge is 2.42. The first-order chi connectivity index (χ1) is 10.8. The molecule has 0 spiro atoms. The number of fused-ring (bicyclic) bond motifs is 1. The fourth-order valence-corrected chi connectivity index (χ4v) is 3.43. The van der Waals surface area contributed by atoms with Gasteiger partial charge in [-0.25, -0.2) is 0 Å². The summed E-state index contributed by atoms with van der Waals surface area (Å²) < 4.78 is 1.98. The Labute approximate surface area is 130 Å². The molecule has 2 heterocycles. The molecule has 1 amide bonds. The van der Waals surface area contributed by atoms with Crippen molar-refractivity contribution >= 4 is 11.6 Å². The van der Waals surface area contributed by atoms with Crippen molar-refractivity contribution in [1.82, 2.24) is 19.9 Å². The van der Waals surface area contributed by atoms with E-state index in [4.69, 9.17) is 0 Å². The lowest BCUT2D eigenvalue weighted by molar-refractivity contribution is -0.122. The summed E-state index contributed by atoms with van der Waals surface area (Å²) in [6.07, 6.45) is 8.73. The van der Waals surface area contributed by atoms with Crippen LogP contribution in [0.1, 0.15) is 37.9 Å². The zero-order valence-electron chi connectivity index (χ0n) is 12.7. The number of aromatic nitrogens is 3. The molecule has 2 fully saturated rings. The molecule has 22 heavy (non-hydrogen) atoms. The van der Waals surface area contributed by atoms with Gasteiger partial charge in [-0.15, -0.1) is 10.2 Å². The van der Waals surface area contributed by atoms with Crippen molar-refractivity contribution in [2.45, 2.75) is 38.5 Å². The maximum Gasteiger partial charge on any atom is 0.220 e. The van der Waals surface area contributed by atoms with Crippen LogP contribution in [0.25, 0.3) is 5.65 Å². The van der Waals surface area contributed by atoms with Crippen LogP contribution in [0.2, 0.25) is 0 Å². The minimum absolute atomic E-state index is 0.206. The van der Waals surface area contributed by atoms with E-state index in [2.05, 4.69) is 15.5 Å². The van der Waals surface area contributed by atoms with Crippen LogP contribution in [0.5, 0.6) is 0 Å². The topological polar surface area (TPSA) is 59.3 Å². The molecular formula is C17H22N4O. The van der Waals surface area contributed by atoms with Gasteiger partial charge in [0, 0.05) is 25.6 Å². The summed E-state index contributed by atoms with van der Waals surface area (Å²) >= 11 is 0. The van der Waals surface area contributed by atoms with E-state index in [1.165, 1.54) is 25.7 Å². The van der Waals surface area contributed by atoms with Crippen LogP contribution in [0.15, 0.2) is 24.4 Å². The number of nitrogens with zero attached hydrogens (tertiary/aromatic N) is 3. The van der Waals surface area contributed by atoms with Crippen molar-refractivity contribution in [2.24, 2.45) is 17.8 Å². The Bertz CT molecular complexity index is 660. The second-order valence-electron chi connectivity index (χ2n) is 6.69. The first kappa shape index (κ1) is 13.7. The van der Waals surface area contributed by atoms with Crippen molar-refractivity contribution in [2.75, 3.05) is 6.54 Å². The van der Waals surface area contributed by atoms with E-state index in [1.54, 1.807) is 0 Å². The van der Waals surface area contributed by atoms with E-state index in [0.29, 0.717) is 18.9 Å². The molecule has 2 aromatic rings. The second kappa shape index (κ2) is 5.71. The van der Waals surface area contributed by atoms with Crippen LogP contribution in [0, 0.1) is 17.8 Å². The number of hydrogen-bond acceptors (Lipinski definition) is 3. The summed E-state index contributed by atoms with van der Waals surface area (Å²) in [7, 11) is 0. The highest BCUT2D eigenvalue weighted by molar-refractivity contribution is 5.76. The predicted octanol–water partition coefficient (Wildman–Crippen LogP) is 2.21. The molecule has 0 radical (unpaired) electrons. The zero-order valence-corrected chi connectivity index (χ0v) is 12.7. The fourth-order valence-electron chi connectivity index (χ4n) is 3.43. The molecule has 5 nitrogen and oxygen atoms in total. The molecule has 0 aliphatic heterocycles. The fraction of sp³-hybridized carbons (Fsp3) is 0.588. The molecule has 0 saturated heterocycles. The van der Waals surface area contributed by atoms with Crippen LogP contribution < -0.4 is 5.32 Å². The van der Waals surface area contributed by atoms with Gasteiger partial charge in [0.05, 0.1) is 0 Å². The van der Waals surface area contributed by atoms with Gasteiger partial charge in [-0.2, -0.15) is 0 Å². The Morgan fingerprint density at radius 1 is 1.23 bits per heavy atom. The third-order valence-corrected chi connectivity index (χ3v) is 4.93. The summed E-state index contributed by atoms with van der Waals surface area (Å²) in [4.78, 5) is 12.2. The van der Waals surface area contributed by atoms with E-state index in [1.807, 2.05) is 28.8 Å². The smallest absolute Gasteiger partial charge is 0.220 e. The lowest BCUT2D eigenvalue weighted by atomic mass is 9.94. The normalized spacial score (nSPS) is 18.0. The molecule has 2 saturated carbocycles. The van der Waals surface area contributed by atoms with Crippen LogP contribution in [-0.2, 0) is 11.2 Å². The van der Waals surface area contributed by atoms with Crippen LogP contribution in [-0.4, -0.2) is 27.0 Å². The molecule has 0 aromatic carbocycles. The summed E-state index contributed by atoms with van der Waals surface area (Å²) in [5.74, 6) is 3.42. The van der Waals surface area contributed by atoms with Gasteiger partial charge in [0.1, 0.15) is 5.82 Å². The van der Waals surface area contributed by atoms with E-state index >= 15 is 0 Å². The van der Waals surface area contributed by atoms with Gasteiger partial charge in [-0.1, -0.05) is 6.07 Å². The molecule has 5 heteroatoms. The maximum absolute atomic E-state index is 12.2. The minimum Gasteiger partial charge on any atom is -0.356 e. The number of pyridine rings is 1. The monoisotopic (exact) mass is 298 g/mol. The highest BCUT2D eigenvalue weighted by Crippen LogP contribution is 2.50. The molecule has 2 aliphatic rings. The lowest BCUT2D eigenvalue weighted by Gasteiger charge is -2.14. The van der Waals surface area contributed by atoms with Gasteiger partial charge in [0.25, 0.3) is 0 Å². The van der Waals surface area contributed by atoms with Gasteiger partial charge in [-0.05, 0) is 55.6 Å². The van der Waals surface area contributed by atoms with Gasteiger partial charge in [-0.3, -0.25) is 9.20 Å². The Hall–Kier alpha value is -1.91. The predicted molar refractivity (Wildman–Crippen MR) is 83.3 cm³/mol. The number of hydrogen-bond donors (Lipinski definition) is 1. The van der Waals surface area contributed by atoms with Crippen LogP contribution in [0.3, 0.4) is 0 Å². The van der Waals surface area contributed by atoms with Gasteiger partial charge >= 0.3 is 0 Å². The van der Waals surface area contributed by atoms with E-state index < -0.39 is 0 Å². The van der Waals surface area contributed by atoms with Crippen molar-refractivity contribution < 1.29 is 4.79 Å². The Morgan fingerprint density at radius 2 is 2.00 bits per heavy atom. The molecule has 0 atom stereocenters. The molecule has 0 unspecified atom stereocenters. The third kappa shape index (κ3) is 2.98. The zero-order chi connectivity index (χ0) is 14.9.